The minimum absolute atomic E-state index is 0.138. The third-order valence-corrected chi connectivity index (χ3v) is 7.27. The zero-order valence-electron chi connectivity index (χ0n) is 24.1. The van der Waals surface area contributed by atoms with Gasteiger partial charge < -0.3 is 24.2 Å². The van der Waals surface area contributed by atoms with Gasteiger partial charge in [0.15, 0.2) is 0 Å². The van der Waals surface area contributed by atoms with E-state index in [0.717, 1.165) is 29.8 Å². The van der Waals surface area contributed by atoms with Crippen molar-refractivity contribution < 1.29 is 23.6 Å². The van der Waals surface area contributed by atoms with Crippen molar-refractivity contribution in [3.8, 4) is 11.4 Å². The Labute approximate surface area is 238 Å². The fourth-order valence-corrected chi connectivity index (χ4v) is 4.83. The van der Waals surface area contributed by atoms with Gasteiger partial charge in [-0.1, -0.05) is 17.3 Å². The van der Waals surface area contributed by atoms with E-state index in [1.807, 2.05) is 69.1 Å². The molecular formula is C30H36N6O5. The number of hydrogen-bond donors (Lipinski definition) is 1. The van der Waals surface area contributed by atoms with E-state index in [2.05, 4.69) is 20.4 Å². The van der Waals surface area contributed by atoms with E-state index < -0.39 is 0 Å². The zero-order chi connectivity index (χ0) is 29.2. The summed E-state index contributed by atoms with van der Waals surface area (Å²) >= 11 is 0. The molecule has 0 unspecified atom stereocenters. The highest BCUT2D eigenvalue weighted by molar-refractivity contribution is 6.04. The van der Waals surface area contributed by atoms with Gasteiger partial charge in [0.25, 0.3) is 5.91 Å². The van der Waals surface area contributed by atoms with Gasteiger partial charge in [-0.05, 0) is 81.7 Å². The van der Waals surface area contributed by atoms with Crippen molar-refractivity contribution in [1.29, 1.82) is 0 Å². The third kappa shape index (κ3) is 6.74. The number of amides is 2. The first-order valence-corrected chi connectivity index (χ1v) is 13.7. The number of imidazole rings is 1. The molecule has 0 radical (unpaired) electrons. The van der Waals surface area contributed by atoms with E-state index in [1.165, 1.54) is 25.7 Å². The van der Waals surface area contributed by atoms with Crippen molar-refractivity contribution in [3.05, 3.63) is 65.9 Å². The summed E-state index contributed by atoms with van der Waals surface area (Å²) < 4.78 is 17.0. The number of carbonyl (C=O) groups excluding carboxylic acids is 2. The highest BCUT2D eigenvalue weighted by Crippen LogP contribution is 2.52. The highest BCUT2D eigenvalue weighted by Gasteiger charge is 2.49. The highest BCUT2D eigenvalue weighted by atomic mass is 16.6. The molecule has 216 valence electrons. The van der Waals surface area contributed by atoms with Crippen molar-refractivity contribution in [2.24, 2.45) is 5.41 Å². The molecule has 0 atom stereocenters. The van der Waals surface area contributed by atoms with Crippen LogP contribution in [0.25, 0.3) is 17.0 Å². The molecule has 6 rings (SSSR count). The molecule has 1 saturated heterocycles. The standard InChI is InChI=1S/C19H17N5O3.C11H19NO2/c1-12-3-4-14(18-21-11-27-23-18)8-15(12)22-19(25)16-9-20-17-7-13(10-26-2)5-6-24(16)17;1-10(2,3)14-9(13)12-7-6-11(8-12)4-5-11/h3-9,11H,10H2,1-2H3,(H,22,25);4-8H2,1-3H3. The molecule has 3 aromatic heterocycles. The summed E-state index contributed by atoms with van der Waals surface area (Å²) in [6.07, 6.45) is 8.27. The minimum Gasteiger partial charge on any atom is -0.444 e. The van der Waals surface area contributed by atoms with Gasteiger partial charge >= 0.3 is 6.09 Å². The third-order valence-electron chi connectivity index (χ3n) is 7.27. The van der Waals surface area contributed by atoms with E-state index in [9.17, 15) is 9.59 Å². The van der Waals surface area contributed by atoms with Crippen LogP contribution >= 0.6 is 0 Å². The van der Waals surface area contributed by atoms with Crippen molar-refractivity contribution in [1.82, 2.24) is 24.4 Å². The first-order valence-electron chi connectivity index (χ1n) is 13.7. The minimum atomic E-state index is -0.365. The van der Waals surface area contributed by atoms with E-state index in [4.69, 9.17) is 14.0 Å². The van der Waals surface area contributed by atoms with Crippen LogP contribution in [-0.2, 0) is 16.1 Å². The normalized spacial score (nSPS) is 15.5. The largest absolute Gasteiger partial charge is 0.444 e. The van der Waals surface area contributed by atoms with Gasteiger partial charge in [-0.15, -0.1) is 0 Å². The number of carbonyl (C=O) groups is 2. The Kier molecular flexibility index (Phi) is 7.81. The van der Waals surface area contributed by atoms with Crippen LogP contribution in [0.1, 0.15) is 61.6 Å². The molecule has 1 aromatic carbocycles. The molecule has 1 aliphatic heterocycles. The number of aryl methyl sites for hydroxylation is 1. The maximum Gasteiger partial charge on any atom is 0.410 e. The molecule has 2 aliphatic rings. The van der Waals surface area contributed by atoms with Gasteiger partial charge in [0.05, 0.1) is 12.8 Å². The fourth-order valence-electron chi connectivity index (χ4n) is 4.83. The Hall–Kier alpha value is -4.25. The second-order valence-corrected chi connectivity index (χ2v) is 11.7. The Morgan fingerprint density at radius 1 is 1.12 bits per heavy atom. The van der Waals surface area contributed by atoms with Gasteiger partial charge in [-0.2, -0.15) is 4.98 Å². The summed E-state index contributed by atoms with van der Waals surface area (Å²) in [4.78, 5) is 34.7. The van der Waals surface area contributed by atoms with E-state index >= 15 is 0 Å². The average molecular weight is 561 g/mol. The van der Waals surface area contributed by atoms with Crippen LogP contribution in [-0.4, -0.2) is 62.2 Å². The lowest BCUT2D eigenvalue weighted by molar-refractivity contribution is 0.0285. The zero-order valence-corrected chi connectivity index (χ0v) is 24.1. The van der Waals surface area contributed by atoms with Gasteiger partial charge in [-0.25, -0.2) is 9.78 Å². The maximum absolute atomic E-state index is 12.8. The van der Waals surface area contributed by atoms with Crippen LogP contribution in [0.4, 0.5) is 10.5 Å². The molecule has 1 N–H and O–H groups in total. The molecule has 1 saturated carbocycles. The number of nitrogens with one attached hydrogen (secondary N) is 1. The molecule has 4 aromatic rings. The van der Waals surface area contributed by atoms with Crippen LogP contribution in [0.3, 0.4) is 0 Å². The lowest BCUT2D eigenvalue weighted by Crippen LogP contribution is -2.35. The lowest BCUT2D eigenvalue weighted by Gasteiger charge is -2.24. The molecule has 1 aliphatic carbocycles. The van der Waals surface area contributed by atoms with Crippen molar-refractivity contribution in [2.45, 2.75) is 59.2 Å². The average Bonchev–Trinajstić information content (AvgIpc) is 3.30. The molecule has 2 amide bonds. The number of hydrogen-bond acceptors (Lipinski definition) is 8. The number of methoxy groups -OCH3 is 1. The number of likely N-dealkylation sites (tertiary alicyclic amines) is 1. The Morgan fingerprint density at radius 3 is 2.59 bits per heavy atom. The molecule has 2 fully saturated rings. The number of ether oxygens (including phenoxy) is 2. The quantitative estimate of drug-likeness (QED) is 0.339. The summed E-state index contributed by atoms with van der Waals surface area (Å²) in [5, 5.41) is 6.76. The van der Waals surface area contributed by atoms with E-state index in [-0.39, 0.29) is 17.6 Å². The monoisotopic (exact) mass is 560 g/mol. The fraction of sp³-hybridized carbons (Fsp3) is 0.433. The van der Waals surface area contributed by atoms with Crippen LogP contribution in [0.5, 0.6) is 0 Å². The first-order chi connectivity index (χ1) is 19.6. The molecule has 41 heavy (non-hydrogen) atoms. The number of anilines is 1. The van der Waals surface area contributed by atoms with Gasteiger partial charge in [0.2, 0.25) is 12.2 Å². The van der Waals surface area contributed by atoms with Gasteiger partial charge in [0, 0.05) is 37.6 Å². The SMILES string of the molecule is CC(C)(C)OC(=O)N1CCC2(CC2)C1.COCc1ccn2c(C(=O)Nc3cc(-c4ncon4)ccc3C)cnc2c1. The molecule has 11 nitrogen and oxygen atoms in total. The number of nitrogens with zero attached hydrogens (tertiary/aromatic N) is 5. The summed E-state index contributed by atoms with van der Waals surface area (Å²) in [6.45, 7) is 9.94. The molecule has 0 bridgehead atoms. The maximum atomic E-state index is 12.8. The number of pyridine rings is 1. The summed E-state index contributed by atoms with van der Waals surface area (Å²) in [6, 6.07) is 9.38. The van der Waals surface area contributed by atoms with Crippen molar-refractivity contribution in [3.63, 3.8) is 0 Å². The first kappa shape index (κ1) is 28.3. The van der Waals surface area contributed by atoms with Gasteiger partial charge in [-0.3, -0.25) is 9.20 Å². The van der Waals surface area contributed by atoms with Crippen LogP contribution in [0.2, 0.25) is 0 Å². The second-order valence-electron chi connectivity index (χ2n) is 11.7. The van der Waals surface area contributed by atoms with Gasteiger partial charge in [0.1, 0.15) is 16.9 Å². The van der Waals surface area contributed by atoms with Crippen LogP contribution < -0.4 is 5.32 Å². The van der Waals surface area contributed by atoms with E-state index in [0.29, 0.717) is 34.9 Å². The summed E-state index contributed by atoms with van der Waals surface area (Å²) in [7, 11) is 1.64. The van der Waals surface area contributed by atoms with Crippen molar-refractivity contribution in [2.75, 3.05) is 25.5 Å². The predicted octanol–water partition coefficient (Wildman–Crippen LogP) is 5.50. The number of aromatic nitrogens is 4. The van der Waals surface area contributed by atoms with E-state index in [1.54, 1.807) is 17.7 Å². The molecule has 4 heterocycles. The van der Waals surface area contributed by atoms with Crippen LogP contribution in [0, 0.1) is 12.3 Å². The molecule has 11 heteroatoms. The Bertz CT molecular complexity index is 1530. The lowest BCUT2D eigenvalue weighted by atomic mass is 10.1. The topological polar surface area (TPSA) is 124 Å². The molecule has 1 spiro atoms. The smallest absolute Gasteiger partial charge is 0.410 e. The number of rotatable bonds is 5. The molecular weight excluding hydrogens is 524 g/mol. The number of fused-ring (bicyclic) bond motifs is 1. The summed E-state index contributed by atoms with van der Waals surface area (Å²) in [5.41, 5.74) is 4.61. The Morgan fingerprint density at radius 2 is 1.93 bits per heavy atom. The predicted molar refractivity (Wildman–Crippen MR) is 152 cm³/mol. The summed E-state index contributed by atoms with van der Waals surface area (Å²) in [5.74, 6) is 0.210. The Balaban J connectivity index is 0.000000202. The number of benzene rings is 1. The second kappa shape index (κ2) is 11.3. The van der Waals surface area contributed by atoms with Crippen molar-refractivity contribution >= 4 is 23.3 Å². The van der Waals surface area contributed by atoms with Crippen LogP contribution in [0.15, 0.2) is 53.6 Å².